The molecule has 0 aliphatic carbocycles. The van der Waals surface area contributed by atoms with Crippen LogP contribution in [0.2, 0.25) is 0 Å². The van der Waals surface area contributed by atoms with E-state index in [0.29, 0.717) is 17.3 Å². The SMILES string of the molecule is CCCNCC1CCN(c2cnc(C(=O)Nc3cc(F)c4nc(C)cn4c3)cn2)C1. The van der Waals surface area contributed by atoms with Crippen molar-refractivity contribution < 1.29 is 9.18 Å². The van der Waals surface area contributed by atoms with Gasteiger partial charge in [-0.25, -0.2) is 19.3 Å². The molecule has 2 N–H and O–H groups in total. The standard InChI is InChI=1S/C21H26FN7O/c1-3-5-23-8-15-4-6-28(12-15)19-10-24-18(9-25-19)21(30)27-16-7-17(22)20-26-14(2)11-29(20)13-16/h7,9-11,13,15,23H,3-6,8,12H2,1-2H3,(H,27,30). The summed E-state index contributed by atoms with van der Waals surface area (Å²) in [4.78, 5) is 27.5. The summed E-state index contributed by atoms with van der Waals surface area (Å²) in [5.41, 5.74) is 1.43. The Morgan fingerprint density at radius 1 is 1.30 bits per heavy atom. The maximum absolute atomic E-state index is 14.2. The van der Waals surface area contributed by atoms with Crippen LogP contribution in [0.15, 0.2) is 30.9 Å². The van der Waals surface area contributed by atoms with E-state index in [1.54, 1.807) is 29.9 Å². The second-order valence-corrected chi connectivity index (χ2v) is 7.71. The maximum Gasteiger partial charge on any atom is 0.275 e. The topological polar surface area (TPSA) is 87.5 Å². The molecule has 0 radical (unpaired) electrons. The van der Waals surface area contributed by atoms with E-state index in [1.165, 1.54) is 12.3 Å². The zero-order chi connectivity index (χ0) is 21.1. The molecule has 1 atom stereocenters. The number of aromatic nitrogens is 4. The molecule has 8 nitrogen and oxygen atoms in total. The molecule has 0 saturated carbocycles. The third-order valence-electron chi connectivity index (χ3n) is 5.23. The summed E-state index contributed by atoms with van der Waals surface area (Å²) >= 11 is 0. The number of carbonyl (C=O) groups is 1. The fourth-order valence-electron chi connectivity index (χ4n) is 3.73. The number of fused-ring (bicyclic) bond motifs is 1. The zero-order valence-electron chi connectivity index (χ0n) is 17.2. The molecule has 1 aliphatic rings. The number of imidazole rings is 1. The first kappa shape index (κ1) is 20.2. The Morgan fingerprint density at radius 2 is 2.17 bits per heavy atom. The van der Waals surface area contributed by atoms with Crippen molar-refractivity contribution in [1.29, 1.82) is 0 Å². The minimum absolute atomic E-state index is 0.182. The predicted octanol–water partition coefficient (Wildman–Crippen LogP) is 2.65. The van der Waals surface area contributed by atoms with E-state index in [1.807, 2.05) is 0 Å². The maximum atomic E-state index is 14.2. The predicted molar refractivity (Wildman–Crippen MR) is 113 cm³/mol. The van der Waals surface area contributed by atoms with E-state index in [4.69, 9.17) is 0 Å². The molecule has 1 unspecified atom stereocenters. The van der Waals surface area contributed by atoms with Crippen LogP contribution in [-0.2, 0) is 0 Å². The highest BCUT2D eigenvalue weighted by Gasteiger charge is 2.23. The minimum atomic E-state index is -0.501. The van der Waals surface area contributed by atoms with Crippen LogP contribution in [-0.4, -0.2) is 51.4 Å². The Labute approximate surface area is 174 Å². The summed E-state index contributed by atoms with van der Waals surface area (Å²) in [7, 11) is 0. The van der Waals surface area contributed by atoms with Crippen molar-refractivity contribution in [2.75, 3.05) is 36.4 Å². The average molecular weight is 411 g/mol. The van der Waals surface area contributed by atoms with Crippen LogP contribution in [0.1, 0.15) is 35.9 Å². The lowest BCUT2D eigenvalue weighted by atomic mass is 10.1. The summed E-state index contributed by atoms with van der Waals surface area (Å²) < 4.78 is 15.7. The van der Waals surface area contributed by atoms with Gasteiger partial charge in [-0.3, -0.25) is 4.79 Å². The van der Waals surface area contributed by atoms with Crippen LogP contribution in [0, 0.1) is 18.7 Å². The quantitative estimate of drug-likeness (QED) is 0.581. The van der Waals surface area contributed by atoms with E-state index in [0.717, 1.165) is 44.8 Å². The highest BCUT2D eigenvalue weighted by Crippen LogP contribution is 2.21. The molecule has 1 fully saturated rings. The molecule has 0 bridgehead atoms. The van der Waals surface area contributed by atoms with Crippen LogP contribution < -0.4 is 15.5 Å². The Kier molecular flexibility index (Phi) is 5.89. The molecule has 30 heavy (non-hydrogen) atoms. The first-order valence-electron chi connectivity index (χ1n) is 10.3. The number of nitrogens with zero attached hydrogens (tertiary/aromatic N) is 5. The second-order valence-electron chi connectivity index (χ2n) is 7.71. The van der Waals surface area contributed by atoms with Crippen molar-refractivity contribution in [1.82, 2.24) is 24.7 Å². The lowest BCUT2D eigenvalue weighted by Gasteiger charge is -2.17. The summed E-state index contributed by atoms with van der Waals surface area (Å²) in [6.07, 6.45) is 8.65. The third kappa shape index (κ3) is 4.40. The zero-order valence-corrected chi connectivity index (χ0v) is 17.2. The Bertz CT molecular complexity index is 1030. The fraction of sp³-hybridized carbons (Fsp3) is 0.429. The van der Waals surface area contributed by atoms with Crippen molar-refractivity contribution in [2.24, 2.45) is 5.92 Å². The number of aryl methyl sites for hydroxylation is 1. The van der Waals surface area contributed by atoms with E-state index >= 15 is 0 Å². The lowest BCUT2D eigenvalue weighted by molar-refractivity contribution is 0.102. The van der Waals surface area contributed by atoms with Crippen molar-refractivity contribution >= 4 is 23.1 Å². The number of nitrogens with one attached hydrogen (secondary N) is 2. The number of carbonyl (C=O) groups excluding carboxylic acids is 1. The summed E-state index contributed by atoms with van der Waals surface area (Å²) in [6.45, 7) is 7.86. The van der Waals surface area contributed by atoms with E-state index in [2.05, 4.69) is 37.4 Å². The Balaban J connectivity index is 1.39. The summed E-state index contributed by atoms with van der Waals surface area (Å²) in [6, 6.07) is 1.25. The molecule has 1 saturated heterocycles. The molecule has 3 aromatic heterocycles. The first-order valence-corrected chi connectivity index (χ1v) is 10.3. The van der Waals surface area contributed by atoms with Crippen molar-refractivity contribution in [2.45, 2.75) is 26.7 Å². The van der Waals surface area contributed by atoms with Crippen LogP contribution >= 0.6 is 0 Å². The minimum Gasteiger partial charge on any atom is -0.355 e. The molecule has 1 aliphatic heterocycles. The lowest BCUT2D eigenvalue weighted by Crippen LogP contribution is -2.27. The van der Waals surface area contributed by atoms with Crippen molar-refractivity contribution in [3.63, 3.8) is 0 Å². The van der Waals surface area contributed by atoms with Crippen molar-refractivity contribution in [3.05, 3.63) is 48.1 Å². The highest BCUT2D eigenvalue weighted by atomic mass is 19.1. The van der Waals surface area contributed by atoms with Crippen LogP contribution in [0.3, 0.4) is 0 Å². The van der Waals surface area contributed by atoms with Gasteiger partial charge in [-0.1, -0.05) is 6.92 Å². The fourth-order valence-corrected chi connectivity index (χ4v) is 3.73. The van der Waals surface area contributed by atoms with Crippen LogP contribution in [0.5, 0.6) is 0 Å². The number of hydrogen-bond donors (Lipinski definition) is 2. The number of amides is 1. The largest absolute Gasteiger partial charge is 0.355 e. The molecule has 0 aromatic carbocycles. The molecule has 9 heteroatoms. The number of pyridine rings is 1. The van der Waals surface area contributed by atoms with Gasteiger partial charge in [-0.15, -0.1) is 0 Å². The smallest absolute Gasteiger partial charge is 0.275 e. The normalized spacial score (nSPS) is 16.4. The monoisotopic (exact) mass is 411 g/mol. The average Bonchev–Trinajstić information content (AvgIpc) is 3.35. The number of rotatable bonds is 7. The van der Waals surface area contributed by atoms with Gasteiger partial charge >= 0.3 is 0 Å². The van der Waals surface area contributed by atoms with Gasteiger partial charge in [0.05, 0.1) is 23.8 Å². The van der Waals surface area contributed by atoms with Gasteiger partial charge in [-0.2, -0.15) is 0 Å². The second kappa shape index (κ2) is 8.74. The number of halogens is 1. The Morgan fingerprint density at radius 3 is 2.93 bits per heavy atom. The highest BCUT2D eigenvalue weighted by molar-refractivity contribution is 6.02. The van der Waals surface area contributed by atoms with Crippen LogP contribution in [0.4, 0.5) is 15.9 Å². The third-order valence-corrected chi connectivity index (χ3v) is 5.23. The molecule has 3 aromatic rings. The van der Waals surface area contributed by atoms with E-state index < -0.39 is 11.7 Å². The number of hydrogen-bond acceptors (Lipinski definition) is 6. The molecule has 4 rings (SSSR count). The van der Waals surface area contributed by atoms with Gasteiger partial charge in [0.15, 0.2) is 11.5 Å². The van der Waals surface area contributed by atoms with Gasteiger partial charge in [0.25, 0.3) is 5.91 Å². The first-order chi connectivity index (χ1) is 14.5. The summed E-state index contributed by atoms with van der Waals surface area (Å²) in [5.74, 6) is 0.427. The Hall–Kier alpha value is -3.07. The molecule has 0 spiro atoms. The van der Waals surface area contributed by atoms with E-state index in [-0.39, 0.29) is 11.3 Å². The van der Waals surface area contributed by atoms with Gasteiger partial charge in [0, 0.05) is 31.5 Å². The molecular weight excluding hydrogens is 385 g/mol. The van der Waals surface area contributed by atoms with Gasteiger partial charge in [0.2, 0.25) is 0 Å². The summed E-state index contributed by atoms with van der Waals surface area (Å²) in [5, 5.41) is 6.14. The van der Waals surface area contributed by atoms with Crippen LogP contribution in [0.25, 0.3) is 5.65 Å². The molecular formula is C21H26FN7O. The molecule has 158 valence electrons. The van der Waals surface area contributed by atoms with Gasteiger partial charge < -0.3 is 19.9 Å². The number of anilines is 2. The molecule has 1 amide bonds. The van der Waals surface area contributed by atoms with Gasteiger partial charge in [0.1, 0.15) is 11.5 Å². The van der Waals surface area contributed by atoms with Crippen molar-refractivity contribution in [3.8, 4) is 0 Å². The molecule has 4 heterocycles. The van der Waals surface area contributed by atoms with Gasteiger partial charge in [-0.05, 0) is 38.8 Å². The van der Waals surface area contributed by atoms with E-state index in [9.17, 15) is 9.18 Å².